The van der Waals surface area contributed by atoms with Gasteiger partial charge in [-0.1, -0.05) is 44.2 Å². The summed E-state index contributed by atoms with van der Waals surface area (Å²) in [5.74, 6) is 1.62. The Labute approximate surface area is 128 Å². The van der Waals surface area contributed by atoms with Crippen molar-refractivity contribution >= 4 is 11.6 Å². The van der Waals surface area contributed by atoms with Crippen LogP contribution in [0.5, 0.6) is 5.75 Å². The summed E-state index contributed by atoms with van der Waals surface area (Å²) < 4.78 is 5.45. The molecule has 1 aromatic rings. The summed E-state index contributed by atoms with van der Waals surface area (Å²) in [4.78, 5) is 0. The van der Waals surface area contributed by atoms with Crippen LogP contribution in [0.1, 0.15) is 67.0 Å². The van der Waals surface area contributed by atoms with Gasteiger partial charge in [0.25, 0.3) is 0 Å². The van der Waals surface area contributed by atoms with E-state index in [1.807, 2.05) is 0 Å². The van der Waals surface area contributed by atoms with Gasteiger partial charge in [-0.25, -0.2) is 0 Å². The monoisotopic (exact) mass is 294 g/mol. The zero-order valence-corrected chi connectivity index (χ0v) is 13.8. The first kappa shape index (κ1) is 15.7. The Morgan fingerprint density at radius 2 is 1.50 bits per heavy atom. The first-order valence-corrected chi connectivity index (χ1v) is 8.36. The van der Waals surface area contributed by atoms with Crippen LogP contribution >= 0.6 is 11.6 Å². The third-order valence-corrected chi connectivity index (χ3v) is 5.18. The van der Waals surface area contributed by atoms with E-state index in [-0.39, 0.29) is 5.38 Å². The topological polar surface area (TPSA) is 9.23 Å². The van der Waals surface area contributed by atoms with Crippen LogP contribution in [0.2, 0.25) is 0 Å². The summed E-state index contributed by atoms with van der Waals surface area (Å²) in [7, 11) is 1.74. The molecule has 0 N–H and O–H groups in total. The number of hydrogen-bond donors (Lipinski definition) is 0. The van der Waals surface area contributed by atoms with Gasteiger partial charge in [0.1, 0.15) is 5.75 Å². The van der Waals surface area contributed by atoms with Crippen LogP contribution in [0.25, 0.3) is 0 Å². The van der Waals surface area contributed by atoms with Crippen LogP contribution < -0.4 is 4.74 Å². The van der Waals surface area contributed by atoms with Crippen LogP contribution in [-0.4, -0.2) is 7.11 Å². The zero-order chi connectivity index (χ0) is 14.5. The highest BCUT2D eigenvalue weighted by molar-refractivity contribution is 6.21. The van der Waals surface area contributed by atoms with Crippen molar-refractivity contribution in [3.63, 3.8) is 0 Å². The molecule has 0 amide bonds. The van der Waals surface area contributed by atoms with Gasteiger partial charge in [-0.3, -0.25) is 0 Å². The van der Waals surface area contributed by atoms with Gasteiger partial charge in [0.15, 0.2) is 0 Å². The lowest BCUT2D eigenvalue weighted by Crippen LogP contribution is -2.11. The Hall–Kier alpha value is -0.690. The minimum Gasteiger partial charge on any atom is -0.496 e. The van der Waals surface area contributed by atoms with Gasteiger partial charge in [0.2, 0.25) is 0 Å². The predicted octanol–water partition coefficient (Wildman–Crippen LogP) is 5.95. The average Bonchev–Trinajstić information content (AvgIpc) is 2.37. The molecule has 0 saturated heterocycles. The molecule has 0 radical (unpaired) electrons. The van der Waals surface area contributed by atoms with Crippen LogP contribution in [0.3, 0.4) is 0 Å². The van der Waals surface area contributed by atoms with Gasteiger partial charge in [0, 0.05) is 0 Å². The number of benzene rings is 1. The van der Waals surface area contributed by atoms with Crippen LogP contribution in [0.4, 0.5) is 0 Å². The SMILES string of the molecule is COc1c(C)cc(C(Cl)C2CCCCCCC2)cc1C. The quantitative estimate of drug-likeness (QED) is 0.626. The van der Waals surface area contributed by atoms with Gasteiger partial charge >= 0.3 is 0 Å². The van der Waals surface area contributed by atoms with Crippen molar-refractivity contribution in [2.45, 2.75) is 64.2 Å². The molecule has 0 aromatic heterocycles. The Balaban J connectivity index is 2.16. The normalized spacial score (nSPS) is 19.2. The molecule has 0 aliphatic heterocycles. The summed E-state index contributed by atoms with van der Waals surface area (Å²) in [6.07, 6.45) is 9.38. The molecule has 112 valence electrons. The highest BCUT2D eigenvalue weighted by Crippen LogP contribution is 2.39. The van der Waals surface area contributed by atoms with Crippen molar-refractivity contribution in [1.82, 2.24) is 0 Å². The van der Waals surface area contributed by atoms with Crippen LogP contribution in [-0.2, 0) is 0 Å². The van der Waals surface area contributed by atoms with E-state index < -0.39 is 0 Å². The average molecular weight is 295 g/mol. The summed E-state index contributed by atoms with van der Waals surface area (Å²) in [5, 5.41) is 0.149. The fourth-order valence-electron chi connectivity index (χ4n) is 3.52. The number of hydrogen-bond acceptors (Lipinski definition) is 1. The van der Waals surface area contributed by atoms with Crippen molar-refractivity contribution in [3.05, 3.63) is 28.8 Å². The molecule has 0 heterocycles. The lowest BCUT2D eigenvalue weighted by molar-refractivity contribution is 0.367. The Morgan fingerprint density at radius 3 is 2.00 bits per heavy atom. The fourth-order valence-corrected chi connectivity index (χ4v) is 3.90. The number of alkyl halides is 1. The van der Waals surface area contributed by atoms with E-state index >= 15 is 0 Å². The second kappa shape index (κ2) is 7.36. The van der Waals surface area contributed by atoms with Crippen molar-refractivity contribution in [2.24, 2.45) is 5.92 Å². The van der Waals surface area contributed by atoms with Crippen molar-refractivity contribution < 1.29 is 4.74 Å². The molecule has 1 fully saturated rings. The van der Waals surface area contributed by atoms with Gasteiger partial charge in [-0.2, -0.15) is 0 Å². The smallest absolute Gasteiger partial charge is 0.124 e. The summed E-state index contributed by atoms with van der Waals surface area (Å²) in [6.45, 7) is 4.22. The molecule has 1 unspecified atom stereocenters. The zero-order valence-electron chi connectivity index (χ0n) is 13.0. The standard InChI is InChI=1S/C18H27ClO/c1-13-11-16(12-14(2)18(13)20-3)17(19)15-9-7-5-4-6-8-10-15/h11-12,15,17H,4-10H2,1-3H3. The van der Waals surface area contributed by atoms with E-state index in [0.717, 1.165) is 5.75 Å². The predicted molar refractivity (Wildman–Crippen MR) is 86.9 cm³/mol. The van der Waals surface area contributed by atoms with E-state index in [4.69, 9.17) is 16.3 Å². The molecule has 1 nitrogen and oxygen atoms in total. The maximum absolute atomic E-state index is 6.81. The van der Waals surface area contributed by atoms with Crippen LogP contribution in [0, 0.1) is 19.8 Å². The maximum atomic E-state index is 6.81. The number of ether oxygens (including phenoxy) is 1. The summed E-state index contributed by atoms with van der Waals surface area (Å²) in [5.41, 5.74) is 3.66. The first-order chi connectivity index (χ1) is 9.63. The van der Waals surface area contributed by atoms with Crippen LogP contribution in [0.15, 0.2) is 12.1 Å². The summed E-state index contributed by atoms with van der Waals surface area (Å²) >= 11 is 6.81. The number of aryl methyl sites for hydroxylation is 2. The summed E-state index contributed by atoms with van der Waals surface area (Å²) in [6, 6.07) is 4.42. The van der Waals surface area contributed by atoms with E-state index in [2.05, 4.69) is 26.0 Å². The molecule has 1 aromatic carbocycles. The molecule has 0 spiro atoms. The Bertz CT molecular complexity index is 410. The van der Waals surface area contributed by atoms with E-state index in [9.17, 15) is 0 Å². The Morgan fingerprint density at radius 1 is 1.00 bits per heavy atom. The molecule has 1 saturated carbocycles. The van der Waals surface area contributed by atoms with Crippen molar-refractivity contribution in [1.29, 1.82) is 0 Å². The molecule has 20 heavy (non-hydrogen) atoms. The number of rotatable bonds is 3. The second-order valence-electron chi connectivity index (χ2n) is 6.19. The molecular weight excluding hydrogens is 268 g/mol. The maximum Gasteiger partial charge on any atom is 0.124 e. The highest BCUT2D eigenvalue weighted by Gasteiger charge is 2.22. The van der Waals surface area contributed by atoms with Gasteiger partial charge in [0.05, 0.1) is 12.5 Å². The molecule has 1 atom stereocenters. The second-order valence-corrected chi connectivity index (χ2v) is 6.67. The number of halogens is 1. The molecule has 2 rings (SSSR count). The first-order valence-electron chi connectivity index (χ1n) is 7.92. The molecule has 1 aliphatic rings. The minimum absolute atomic E-state index is 0.149. The molecule has 0 bridgehead atoms. The largest absolute Gasteiger partial charge is 0.496 e. The Kier molecular flexibility index (Phi) is 5.77. The van der Waals surface area contributed by atoms with Gasteiger partial charge in [-0.05, 0) is 49.3 Å². The van der Waals surface area contributed by atoms with E-state index in [1.54, 1.807) is 7.11 Å². The van der Waals surface area contributed by atoms with E-state index in [1.165, 1.54) is 61.6 Å². The third-order valence-electron chi connectivity index (χ3n) is 4.57. The third kappa shape index (κ3) is 3.69. The van der Waals surface area contributed by atoms with Crippen molar-refractivity contribution in [2.75, 3.05) is 7.11 Å². The minimum atomic E-state index is 0.149. The van der Waals surface area contributed by atoms with Gasteiger partial charge in [-0.15, -0.1) is 11.6 Å². The van der Waals surface area contributed by atoms with E-state index in [0.29, 0.717) is 5.92 Å². The van der Waals surface area contributed by atoms with Gasteiger partial charge < -0.3 is 4.74 Å². The highest BCUT2D eigenvalue weighted by atomic mass is 35.5. The molecular formula is C18H27ClO. The fraction of sp³-hybridized carbons (Fsp3) is 0.667. The molecule has 1 aliphatic carbocycles. The lowest BCUT2D eigenvalue weighted by atomic mass is 9.85. The molecule has 2 heteroatoms. The lowest BCUT2D eigenvalue weighted by Gasteiger charge is -2.25. The van der Waals surface area contributed by atoms with Crippen molar-refractivity contribution in [3.8, 4) is 5.75 Å². The number of methoxy groups -OCH3 is 1.